The summed E-state index contributed by atoms with van der Waals surface area (Å²) in [4.78, 5) is 0. The second kappa shape index (κ2) is 6.52. The Balaban J connectivity index is 0. The monoisotopic (exact) mass is 422 g/mol. The van der Waals surface area contributed by atoms with Gasteiger partial charge in [0.2, 0.25) is 0 Å². The van der Waals surface area contributed by atoms with Gasteiger partial charge >= 0.3 is 18.3 Å². The summed E-state index contributed by atoms with van der Waals surface area (Å²) in [5.74, 6) is -5.33. The van der Waals surface area contributed by atoms with Gasteiger partial charge in [0.25, 0.3) is 7.59 Å². The Kier molecular flexibility index (Phi) is 7.71. The predicted octanol–water partition coefficient (Wildman–Crippen LogP) is 6.47. The van der Waals surface area contributed by atoms with Crippen LogP contribution in [0, 0.1) is 0 Å². The second-order valence-electron chi connectivity index (χ2n) is 2.57. The molecular weight excluding hydrogens is 425 g/mol. The lowest BCUT2D eigenvalue weighted by Crippen LogP contribution is -2.47. The van der Waals surface area contributed by atoms with Crippen LogP contribution in [0.1, 0.15) is 0 Å². The van der Waals surface area contributed by atoms with Crippen LogP contribution in [0.4, 0.5) is 35.1 Å². The molecule has 0 aromatic heterocycles. The van der Waals surface area contributed by atoms with Crippen molar-refractivity contribution in [2.45, 2.75) is 25.9 Å². The molecule has 0 rings (SSSR count). The van der Waals surface area contributed by atoms with Gasteiger partial charge in [-0.25, -0.2) is 0 Å². The molecule has 0 aliphatic heterocycles. The van der Waals surface area contributed by atoms with Crippen LogP contribution in [-0.2, 0) is 0 Å². The number of hydrogen-bond donors (Lipinski definition) is 0. The molecule has 14 heteroatoms. The van der Waals surface area contributed by atoms with Gasteiger partial charge in [0.05, 0.1) is 0 Å². The Hall–Kier alpha value is 1.18. The van der Waals surface area contributed by atoms with Crippen molar-refractivity contribution < 1.29 is 35.1 Å². The molecule has 0 saturated carbocycles. The number of rotatable bonds is 0. The van der Waals surface area contributed by atoms with E-state index in [1.165, 1.54) is 0 Å². The van der Waals surface area contributed by atoms with Crippen molar-refractivity contribution in [1.29, 1.82) is 0 Å². The van der Waals surface area contributed by atoms with E-state index in [9.17, 15) is 35.1 Å². The zero-order chi connectivity index (χ0) is 16.5. The Morgan fingerprint density at radius 2 is 0.632 bits per heavy atom. The molecule has 0 aromatic carbocycles. The molecule has 0 aliphatic rings. The van der Waals surface area contributed by atoms with Crippen LogP contribution >= 0.6 is 69.6 Å². The number of alkyl halides is 14. The van der Waals surface area contributed by atoms with E-state index in [1.807, 2.05) is 0 Å². The summed E-state index contributed by atoms with van der Waals surface area (Å²) in [6.45, 7) is 0. The van der Waals surface area contributed by atoms with Crippen LogP contribution in [-0.4, -0.2) is 25.9 Å². The first-order valence-corrected chi connectivity index (χ1v) is 5.66. The molecule has 0 unspecified atom stereocenters. The zero-order valence-corrected chi connectivity index (χ0v) is 12.3. The van der Waals surface area contributed by atoms with E-state index in [4.69, 9.17) is 0 Å². The zero-order valence-electron chi connectivity index (χ0n) is 7.79. The van der Waals surface area contributed by atoms with Gasteiger partial charge in [0.15, 0.2) is 0 Å². The average Bonchev–Trinajstić information content (AvgIpc) is 1.96. The highest BCUT2D eigenvalue weighted by molar-refractivity contribution is 6.68. The van der Waals surface area contributed by atoms with Gasteiger partial charge < -0.3 is 0 Å². The summed E-state index contributed by atoms with van der Waals surface area (Å²) in [6.07, 6.45) is -10.6. The van der Waals surface area contributed by atoms with Crippen molar-refractivity contribution >= 4 is 69.6 Å². The van der Waals surface area contributed by atoms with E-state index in [1.54, 1.807) is 0 Å². The van der Waals surface area contributed by atoms with E-state index < -0.39 is 25.9 Å². The smallest absolute Gasteiger partial charge is 0.191 e. The Bertz CT molecular complexity index is 254. The highest BCUT2D eigenvalue weighted by Crippen LogP contribution is 2.51. The molecule has 0 aromatic rings. The van der Waals surface area contributed by atoms with Crippen LogP contribution in [0.5, 0.6) is 0 Å². The first kappa shape index (κ1) is 22.5. The summed E-state index contributed by atoms with van der Waals surface area (Å²) in [5, 5.41) is 0. The van der Waals surface area contributed by atoms with Gasteiger partial charge in [0.1, 0.15) is 0 Å². The fourth-order valence-electron chi connectivity index (χ4n) is 0.161. The van der Waals surface area contributed by atoms with Crippen LogP contribution in [0.25, 0.3) is 0 Å². The lowest BCUT2D eigenvalue weighted by Gasteiger charge is -2.25. The van der Waals surface area contributed by atoms with E-state index in [-0.39, 0.29) is 0 Å². The summed E-state index contributed by atoms with van der Waals surface area (Å²) in [7, 11) is 0. The summed E-state index contributed by atoms with van der Waals surface area (Å²) in [6, 6.07) is 0. The van der Waals surface area contributed by atoms with Crippen LogP contribution in [0.2, 0.25) is 0 Å². The molecular formula is C5Cl6F8. The average molecular weight is 425 g/mol. The first-order chi connectivity index (χ1) is 7.75. The molecule has 0 N–H and O–H groups in total. The number of halogens is 14. The summed E-state index contributed by atoms with van der Waals surface area (Å²) in [5.41, 5.74) is 0. The van der Waals surface area contributed by atoms with Crippen molar-refractivity contribution in [2.75, 3.05) is 0 Å². The lowest BCUT2D eigenvalue weighted by molar-refractivity contribution is -0.279. The highest BCUT2D eigenvalue weighted by Gasteiger charge is 2.69. The van der Waals surface area contributed by atoms with Gasteiger partial charge in [-0.1, -0.05) is 69.6 Å². The molecule has 0 heterocycles. The van der Waals surface area contributed by atoms with Crippen molar-refractivity contribution in [3.05, 3.63) is 0 Å². The fraction of sp³-hybridized carbons (Fsp3) is 1.00. The minimum Gasteiger partial charge on any atom is -0.191 e. The SMILES string of the molecule is FC(F)(F)C(Cl)(Cl)Cl.FC(F)(F)C(F)(F)C(Cl)(Cl)Cl. The van der Waals surface area contributed by atoms with Gasteiger partial charge in [-0.15, -0.1) is 0 Å². The van der Waals surface area contributed by atoms with Crippen LogP contribution in [0.3, 0.4) is 0 Å². The van der Waals surface area contributed by atoms with Crippen molar-refractivity contribution in [3.63, 3.8) is 0 Å². The molecule has 0 amide bonds. The van der Waals surface area contributed by atoms with Gasteiger partial charge in [-0.2, -0.15) is 35.1 Å². The maximum absolute atomic E-state index is 11.9. The Labute approximate surface area is 130 Å². The van der Waals surface area contributed by atoms with Crippen LogP contribution in [0.15, 0.2) is 0 Å². The lowest BCUT2D eigenvalue weighted by atomic mass is 10.4. The minimum absolute atomic E-state index is 3.15. The van der Waals surface area contributed by atoms with Crippen molar-refractivity contribution in [1.82, 2.24) is 0 Å². The van der Waals surface area contributed by atoms with Crippen molar-refractivity contribution in [3.8, 4) is 0 Å². The molecule has 0 radical (unpaired) electrons. The maximum Gasteiger partial charge on any atom is 0.457 e. The van der Waals surface area contributed by atoms with Gasteiger partial charge in [0, 0.05) is 0 Å². The van der Waals surface area contributed by atoms with Gasteiger partial charge in [-0.3, -0.25) is 0 Å². The molecule has 0 bridgehead atoms. The fourth-order valence-corrected chi connectivity index (χ4v) is 0.482. The van der Waals surface area contributed by atoms with Gasteiger partial charge in [-0.05, 0) is 0 Å². The normalized spacial score (nSPS) is 14.8. The maximum atomic E-state index is 11.9. The second-order valence-corrected chi connectivity index (χ2v) is 7.13. The molecule has 0 fully saturated rings. The van der Waals surface area contributed by atoms with E-state index in [0.29, 0.717) is 0 Å². The quantitative estimate of drug-likeness (QED) is 0.309. The third-order valence-corrected chi connectivity index (χ3v) is 2.39. The molecule has 0 spiro atoms. The Morgan fingerprint density at radius 1 is 0.421 bits per heavy atom. The van der Waals surface area contributed by atoms with Crippen molar-refractivity contribution in [2.24, 2.45) is 0 Å². The first-order valence-electron chi connectivity index (χ1n) is 3.40. The summed E-state index contributed by atoms with van der Waals surface area (Å²) < 4.78 is 84.5. The summed E-state index contributed by atoms with van der Waals surface area (Å²) >= 11 is 26.4. The van der Waals surface area contributed by atoms with E-state index in [2.05, 4.69) is 69.6 Å². The third-order valence-electron chi connectivity index (χ3n) is 1.03. The predicted molar refractivity (Wildman–Crippen MR) is 57.6 cm³/mol. The molecule has 19 heavy (non-hydrogen) atoms. The largest absolute Gasteiger partial charge is 0.457 e. The van der Waals surface area contributed by atoms with E-state index in [0.717, 1.165) is 0 Å². The standard InChI is InChI=1S/C3Cl3F5.C2Cl3F3/c4-2(5,6)1(7,8)3(9,10)11;3-1(4,5)2(6,7)8. The Morgan fingerprint density at radius 3 is 0.632 bits per heavy atom. The molecule has 0 atom stereocenters. The van der Waals surface area contributed by atoms with E-state index >= 15 is 0 Å². The molecule has 0 aliphatic carbocycles. The van der Waals surface area contributed by atoms with Crippen LogP contribution < -0.4 is 0 Å². The minimum atomic E-state index is -5.85. The number of hydrogen-bond acceptors (Lipinski definition) is 0. The molecule has 0 nitrogen and oxygen atoms in total. The topological polar surface area (TPSA) is 0 Å². The third kappa shape index (κ3) is 7.13. The molecule has 0 saturated heterocycles. The molecule has 118 valence electrons. The highest BCUT2D eigenvalue weighted by atomic mass is 35.6.